The molecule has 6 N–H and O–H groups in total. The molecule has 4 unspecified atom stereocenters. The fourth-order valence-electron chi connectivity index (χ4n) is 3.55. The van der Waals surface area contributed by atoms with Crippen LogP contribution in [-0.4, -0.2) is 34.0 Å². The van der Waals surface area contributed by atoms with E-state index < -0.39 is 47.4 Å². The number of hydrogen-bond acceptors (Lipinski definition) is 4. The standard InChI is InChI=1S/2C10H19NO3/c2*1-5(2)7(9(11)12)8(6(3)4)10(13)14/h2*5-8H,1-4H3,(H2,11,12)(H,13,14). The molecule has 0 saturated carbocycles. The highest BCUT2D eigenvalue weighted by Gasteiger charge is 2.37. The van der Waals surface area contributed by atoms with E-state index in [4.69, 9.17) is 21.7 Å². The molecule has 4 atom stereocenters. The lowest BCUT2D eigenvalue weighted by atomic mass is 9.77. The van der Waals surface area contributed by atoms with E-state index >= 15 is 0 Å². The van der Waals surface area contributed by atoms with Gasteiger partial charge in [-0.25, -0.2) is 0 Å². The van der Waals surface area contributed by atoms with Crippen LogP contribution in [0.5, 0.6) is 0 Å². The average Bonchev–Trinajstić information content (AvgIpc) is 2.47. The van der Waals surface area contributed by atoms with E-state index in [-0.39, 0.29) is 23.7 Å². The van der Waals surface area contributed by atoms with E-state index in [1.165, 1.54) is 0 Å². The van der Waals surface area contributed by atoms with Crippen molar-refractivity contribution < 1.29 is 29.4 Å². The molecular formula is C20H38N2O6. The summed E-state index contributed by atoms with van der Waals surface area (Å²) in [7, 11) is 0. The quantitative estimate of drug-likeness (QED) is 0.438. The predicted molar refractivity (Wildman–Crippen MR) is 107 cm³/mol. The van der Waals surface area contributed by atoms with E-state index in [0.717, 1.165) is 0 Å². The van der Waals surface area contributed by atoms with Crippen molar-refractivity contribution in [2.45, 2.75) is 55.4 Å². The zero-order valence-electron chi connectivity index (χ0n) is 18.3. The minimum atomic E-state index is -0.947. The molecule has 0 bridgehead atoms. The van der Waals surface area contributed by atoms with Gasteiger partial charge in [-0.05, 0) is 23.7 Å². The predicted octanol–water partition coefficient (Wildman–Crippen LogP) is 2.20. The van der Waals surface area contributed by atoms with Gasteiger partial charge in [0.2, 0.25) is 11.8 Å². The van der Waals surface area contributed by atoms with Gasteiger partial charge in [0.05, 0.1) is 23.7 Å². The van der Waals surface area contributed by atoms with Crippen molar-refractivity contribution in [3.63, 3.8) is 0 Å². The van der Waals surface area contributed by atoms with E-state index in [2.05, 4.69) is 0 Å². The molecule has 0 saturated heterocycles. The Hall–Kier alpha value is -2.12. The third kappa shape index (κ3) is 8.71. The molecule has 0 aliphatic rings. The second-order valence-corrected chi connectivity index (χ2v) is 8.56. The molecule has 0 aromatic heterocycles. The number of hydrogen-bond donors (Lipinski definition) is 4. The Morgan fingerprint density at radius 2 is 0.679 bits per heavy atom. The highest BCUT2D eigenvalue weighted by atomic mass is 16.4. The monoisotopic (exact) mass is 402 g/mol. The SMILES string of the molecule is CC(C)C(C(N)=O)C(C(=O)O)C(C)C.CC(C)C(C(N)=O)C(C(=O)O)C(C)C. The van der Waals surface area contributed by atoms with Crippen molar-refractivity contribution in [2.75, 3.05) is 0 Å². The molecule has 28 heavy (non-hydrogen) atoms. The zero-order valence-corrected chi connectivity index (χ0v) is 18.3. The summed E-state index contributed by atoms with van der Waals surface area (Å²) in [4.78, 5) is 44.3. The highest BCUT2D eigenvalue weighted by molar-refractivity contribution is 5.84. The van der Waals surface area contributed by atoms with Gasteiger partial charge in [0.25, 0.3) is 0 Å². The summed E-state index contributed by atoms with van der Waals surface area (Å²) < 4.78 is 0. The number of carboxylic acids is 2. The minimum Gasteiger partial charge on any atom is -0.481 e. The second-order valence-electron chi connectivity index (χ2n) is 8.56. The van der Waals surface area contributed by atoms with Crippen LogP contribution in [0.2, 0.25) is 0 Å². The maximum Gasteiger partial charge on any atom is 0.307 e. The van der Waals surface area contributed by atoms with Crippen LogP contribution in [-0.2, 0) is 19.2 Å². The fourth-order valence-corrected chi connectivity index (χ4v) is 3.55. The van der Waals surface area contributed by atoms with Crippen LogP contribution < -0.4 is 11.5 Å². The molecule has 0 aliphatic carbocycles. The Bertz CT molecular complexity index is 447. The van der Waals surface area contributed by atoms with Gasteiger partial charge >= 0.3 is 11.9 Å². The maximum absolute atomic E-state index is 11.2. The summed E-state index contributed by atoms with van der Waals surface area (Å²) in [5.74, 6) is -5.77. The molecule has 0 rings (SSSR count). The Balaban J connectivity index is 0. The summed E-state index contributed by atoms with van der Waals surface area (Å²) in [6, 6.07) is 0. The minimum absolute atomic E-state index is 0.0454. The first-order valence-electron chi connectivity index (χ1n) is 9.61. The third-order valence-corrected chi connectivity index (χ3v) is 4.87. The van der Waals surface area contributed by atoms with Crippen LogP contribution >= 0.6 is 0 Å². The van der Waals surface area contributed by atoms with Crippen LogP contribution in [0.4, 0.5) is 0 Å². The van der Waals surface area contributed by atoms with E-state index in [1.807, 2.05) is 27.7 Å². The van der Waals surface area contributed by atoms with Crippen molar-refractivity contribution >= 4 is 23.8 Å². The van der Waals surface area contributed by atoms with Gasteiger partial charge in [-0.3, -0.25) is 19.2 Å². The van der Waals surface area contributed by atoms with Crippen LogP contribution in [0.15, 0.2) is 0 Å². The molecule has 0 radical (unpaired) electrons. The van der Waals surface area contributed by atoms with Crippen molar-refractivity contribution in [3.05, 3.63) is 0 Å². The summed E-state index contributed by atoms with van der Waals surface area (Å²) in [6.07, 6.45) is 0. The topological polar surface area (TPSA) is 161 Å². The molecule has 0 aliphatic heterocycles. The molecule has 8 heteroatoms. The number of amides is 2. The Kier molecular flexibility index (Phi) is 12.4. The van der Waals surface area contributed by atoms with Gasteiger partial charge in [-0.1, -0.05) is 55.4 Å². The zero-order chi connectivity index (χ0) is 22.9. The third-order valence-electron chi connectivity index (χ3n) is 4.87. The van der Waals surface area contributed by atoms with Gasteiger partial charge in [0.1, 0.15) is 0 Å². The Labute approximate surface area is 168 Å². The summed E-state index contributed by atoms with van der Waals surface area (Å²) in [5.41, 5.74) is 10.4. The lowest BCUT2D eigenvalue weighted by Gasteiger charge is -2.27. The lowest BCUT2D eigenvalue weighted by molar-refractivity contribution is -0.150. The van der Waals surface area contributed by atoms with Crippen LogP contribution in [0.25, 0.3) is 0 Å². The number of aliphatic carboxylic acids is 2. The first-order valence-corrected chi connectivity index (χ1v) is 9.61. The number of carboxylic acid groups (broad SMARTS) is 2. The Morgan fingerprint density at radius 3 is 0.714 bits per heavy atom. The largest absolute Gasteiger partial charge is 0.481 e. The molecule has 0 heterocycles. The van der Waals surface area contributed by atoms with Crippen molar-refractivity contribution in [1.29, 1.82) is 0 Å². The Morgan fingerprint density at radius 1 is 0.500 bits per heavy atom. The van der Waals surface area contributed by atoms with Crippen molar-refractivity contribution in [1.82, 2.24) is 0 Å². The molecule has 0 fully saturated rings. The number of carbonyl (C=O) groups is 4. The van der Waals surface area contributed by atoms with Gasteiger partial charge in [-0.2, -0.15) is 0 Å². The van der Waals surface area contributed by atoms with Gasteiger partial charge < -0.3 is 21.7 Å². The second kappa shape index (κ2) is 12.4. The molecule has 0 aromatic carbocycles. The fraction of sp³-hybridized carbons (Fsp3) is 0.800. The van der Waals surface area contributed by atoms with Crippen LogP contribution in [0.3, 0.4) is 0 Å². The number of nitrogens with two attached hydrogens (primary N) is 2. The first kappa shape index (κ1) is 28.1. The molecule has 164 valence electrons. The van der Waals surface area contributed by atoms with Gasteiger partial charge in [0, 0.05) is 0 Å². The maximum atomic E-state index is 11.2. The van der Waals surface area contributed by atoms with Crippen LogP contribution in [0, 0.1) is 47.3 Å². The first-order chi connectivity index (χ1) is 12.6. The molecule has 0 aromatic rings. The smallest absolute Gasteiger partial charge is 0.307 e. The summed E-state index contributed by atoms with van der Waals surface area (Å²) in [6.45, 7) is 14.4. The summed E-state index contributed by atoms with van der Waals surface area (Å²) in [5, 5.41) is 18.0. The van der Waals surface area contributed by atoms with Crippen molar-refractivity contribution in [2.24, 2.45) is 58.8 Å². The normalized spacial score (nSPS) is 15.6. The van der Waals surface area contributed by atoms with E-state index in [0.29, 0.717) is 0 Å². The number of carbonyl (C=O) groups excluding carboxylic acids is 2. The van der Waals surface area contributed by atoms with E-state index in [9.17, 15) is 19.2 Å². The molecule has 0 spiro atoms. The molecular weight excluding hydrogens is 364 g/mol. The van der Waals surface area contributed by atoms with Gasteiger partial charge in [0.15, 0.2) is 0 Å². The van der Waals surface area contributed by atoms with Crippen molar-refractivity contribution in [3.8, 4) is 0 Å². The summed E-state index contributed by atoms with van der Waals surface area (Å²) >= 11 is 0. The lowest BCUT2D eigenvalue weighted by Crippen LogP contribution is -2.40. The molecule has 2 amide bonds. The van der Waals surface area contributed by atoms with Crippen LogP contribution in [0.1, 0.15) is 55.4 Å². The number of rotatable bonds is 10. The molecule has 8 nitrogen and oxygen atoms in total. The highest BCUT2D eigenvalue weighted by Crippen LogP contribution is 2.28. The average molecular weight is 403 g/mol. The van der Waals surface area contributed by atoms with E-state index in [1.54, 1.807) is 27.7 Å². The van der Waals surface area contributed by atoms with Gasteiger partial charge in [-0.15, -0.1) is 0 Å². The number of primary amides is 2.